The number of halogens is 1. The van der Waals surface area contributed by atoms with Crippen LogP contribution in [0.1, 0.15) is 23.2 Å². The molecule has 0 bridgehead atoms. The van der Waals surface area contributed by atoms with Gasteiger partial charge in [0.1, 0.15) is 11.6 Å². The lowest BCUT2D eigenvalue weighted by atomic mass is 10.2. The maximum absolute atomic E-state index is 12.4. The van der Waals surface area contributed by atoms with Gasteiger partial charge in [-0.3, -0.25) is 14.4 Å². The third kappa shape index (κ3) is 3.85. The summed E-state index contributed by atoms with van der Waals surface area (Å²) in [6.45, 7) is 1.41. The molecule has 2 aromatic rings. The summed E-state index contributed by atoms with van der Waals surface area (Å²) in [4.78, 5) is 37.6. The maximum atomic E-state index is 12.4. The zero-order valence-corrected chi connectivity index (χ0v) is 14.7. The molecule has 26 heavy (non-hydrogen) atoms. The highest BCUT2D eigenvalue weighted by Crippen LogP contribution is 2.24. The lowest BCUT2D eigenvalue weighted by molar-refractivity contribution is -0.117. The molecule has 0 saturated carbocycles. The van der Waals surface area contributed by atoms with E-state index >= 15 is 0 Å². The number of nitrogens with two attached hydrogens (primary N) is 1. The molecule has 1 fully saturated rings. The molecule has 2 amide bonds. The fourth-order valence-corrected chi connectivity index (χ4v) is 3.07. The molecule has 0 radical (unpaired) electrons. The van der Waals surface area contributed by atoms with E-state index in [0.717, 1.165) is 30.6 Å². The second-order valence-corrected chi connectivity index (χ2v) is 6.37. The predicted octanol–water partition coefficient (Wildman–Crippen LogP) is 1.23. The van der Waals surface area contributed by atoms with Crippen molar-refractivity contribution in [3.05, 3.63) is 51.4 Å². The number of anilines is 2. The Morgan fingerprint density at radius 3 is 2.46 bits per heavy atom. The first-order chi connectivity index (χ1) is 12.5. The maximum Gasteiger partial charge on any atom is 0.288 e. The Morgan fingerprint density at radius 1 is 1.19 bits per heavy atom. The molecule has 1 aromatic carbocycles. The predicted molar refractivity (Wildman–Crippen MR) is 98.5 cm³/mol. The molecule has 1 saturated heterocycles. The summed E-state index contributed by atoms with van der Waals surface area (Å²) in [5.74, 6) is -0.984. The zero-order chi connectivity index (χ0) is 18.7. The number of hydrogen-bond acceptors (Lipinski definition) is 5. The molecule has 0 spiro atoms. The smallest absolute Gasteiger partial charge is 0.288 e. The Hall–Kier alpha value is -2.87. The Morgan fingerprint density at radius 2 is 1.85 bits per heavy atom. The van der Waals surface area contributed by atoms with Crippen LogP contribution in [0, 0.1) is 0 Å². The second kappa shape index (κ2) is 7.57. The standard InChI is InChI=1S/C17H18ClN5O3/c18-15-13(22-7-1-2-8-22)9-20-23(17(15)26)10-14(24)21-12-5-3-11(4-6-12)16(19)25/h3-6,9H,1-2,7-8,10H2,(H2,19,25)(H,21,24). The van der Waals surface area contributed by atoms with Gasteiger partial charge in [-0.15, -0.1) is 0 Å². The molecular weight excluding hydrogens is 358 g/mol. The van der Waals surface area contributed by atoms with Crippen LogP contribution in [0.4, 0.5) is 11.4 Å². The van der Waals surface area contributed by atoms with E-state index in [4.69, 9.17) is 17.3 Å². The van der Waals surface area contributed by atoms with Gasteiger partial charge in [-0.1, -0.05) is 11.6 Å². The van der Waals surface area contributed by atoms with Gasteiger partial charge in [0.05, 0.1) is 11.9 Å². The largest absolute Gasteiger partial charge is 0.369 e. The normalized spacial score (nSPS) is 13.7. The summed E-state index contributed by atoms with van der Waals surface area (Å²) < 4.78 is 1.02. The minimum Gasteiger partial charge on any atom is -0.369 e. The topological polar surface area (TPSA) is 110 Å². The van der Waals surface area contributed by atoms with Crippen LogP contribution in [0.3, 0.4) is 0 Å². The Balaban J connectivity index is 1.70. The molecule has 0 atom stereocenters. The van der Waals surface area contributed by atoms with Crippen LogP contribution >= 0.6 is 11.6 Å². The van der Waals surface area contributed by atoms with Crippen molar-refractivity contribution in [3.63, 3.8) is 0 Å². The van der Waals surface area contributed by atoms with Crippen molar-refractivity contribution < 1.29 is 9.59 Å². The van der Waals surface area contributed by atoms with E-state index in [9.17, 15) is 14.4 Å². The first kappa shape index (κ1) is 17.9. The molecule has 3 N–H and O–H groups in total. The number of hydrogen-bond donors (Lipinski definition) is 2. The SMILES string of the molecule is NC(=O)c1ccc(NC(=O)Cn2ncc(N3CCCC3)c(Cl)c2=O)cc1. The third-order valence-corrected chi connectivity index (χ3v) is 4.52. The number of aromatic nitrogens is 2. The first-order valence-corrected chi connectivity index (χ1v) is 8.54. The van der Waals surface area contributed by atoms with E-state index in [1.54, 1.807) is 12.1 Å². The van der Waals surface area contributed by atoms with Crippen LogP contribution in [0.2, 0.25) is 5.02 Å². The quantitative estimate of drug-likeness (QED) is 0.816. The van der Waals surface area contributed by atoms with E-state index in [1.807, 2.05) is 4.90 Å². The van der Waals surface area contributed by atoms with Crippen LogP contribution in [-0.4, -0.2) is 34.7 Å². The van der Waals surface area contributed by atoms with Gasteiger partial charge in [-0.05, 0) is 37.1 Å². The van der Waals surface area contributed by atoms with Gasteiger partial charge >= 0.3 is 0 Å². The van der Waals surface area contributed by atoms with Crippen LogP contribution in [-0.2, 0) is 11.3 Å². The van der Waals surface area contributed by atoms with Gasteiger partial charge in [-0.25, -0.2) is 4.68 Å². The van der Waals surface area contributed by atoms with Gasteiger partial charge < -0.3 is 16.0 Å². The number of primary amides is 1. The van der Waals surface area contributed by atoms with E-state index in [0.29, 0.717) is 16.9 Å². The number of carbonyl (C=O) groups excluding carboxylic acids is 2. The van der Waals surface area contributed by atoms with Gasteiger partial charge in [-0.2, -0.15) is 5.10 Å². The summed E-state index contributed by atoms with van der Waals surface area (Å²) in [5.41, 5.74) is 6.08. The fourth-order valence-electron chi connectivity index (χ4n) is 2.80. The van der Waals surface area contributed by atoms with Gasteiger partial charge in [0.25, 0.3) is 5.56 Å². The highest BCUT2D eigenvalue weighted by molar-refractivity contribution is 6.33. The van der Waals surface area contributed by atoms with Crippen molar-refractivity contribution >= 4 is 34.8 Å². The Kier molecular flexibility index (Phi) is 5.22. The first-order valence-electron chi connectivity index (χ1n) is 8.16. The van der Waals surface area contributed by atoms with Crippen LogP contribution < -0.4 is 21.5 Å². The van der Waals surface area contributed by atoms with Crippen molar-refractivity contribution in [3.8, 4) is 0 Å². The third-order valence-electron chi connectivity index (χ3n) is 4.16. The summed E-state index contributed by atoms with van der Waals surface area (Å²) >= 11 is 6.18. The molecule has 0 aliphatic carbocycles. The van der Waals surface area contributed by atoms with Crippen LogP contribution in [0.5, 0.6) is 0 Å². The molecule has 1 aliphatic rings. The number of nitrogens with zero attached hydrogens (tertiary/aromatic N) is 3. The molecule has 0 unspecified atom stereocenters. The minimum absolute atomic E-state index is 0.0699. The number of amides is 2. The summed E-state index contributed by atoms with van der Waals surface area (Å²) in [7, 11) is 0. The fraction of sp³-hybridized carbons (Fsp3) is 0.294. The molecule has 9 heteroatoms. The molecular formula is C17H18ClN5O3. The van der Waals surface area contributed by atoms with Crippen molar-refractivity contribution in [1.29, 1.82) is 0 Å². The van der Waals surface area contributed by atoms with Crippen molar-refractivity contribution in [2.75, 3.05) is 23.3 Å². The Bertz CT molecular complexity index is 888. The lowest BCUT2D eigenvalue weighted by Gasteiger charge is -2.18. The summed E-state index contributed by atoms with van der Waals surface area (Å²) in [6.07, 6.45) is 3.62. The summed E-state index contributed by atoms with van der Waals surface area (Å²) in [6, 6.07) is 6.11. The van der Waals surface area contributed by atoms with Crippen molar-refractivity contribution in [1.82, 2.24) is 9.78 Å². The zero-order valence-electron chi connectivity index (χ0n) is 13.9. The summed E-state index contributed by atoms with van der Waals surface area (Å²) in [5, 5.41) is 6.76. The van der Waals surface area contributed by atoms with Crippen LogP contribution in [0.25, 0.3) is 0 Å². The molecule has 8 nitrogen and oxygen atoms in total. The molecule has 1 aliphatic heterocycles. The van der Waals surface area contributed by atoms with Crippen molar-refractivity contribution in [2.24, 2.45) is 5.73 Å². The Labute approximate surface area is 154 Å². The van der Waals surface area contributed by atoms with Gasteiger partial charge in [0.15, 0.2) is 0 Å². The number of carbonyl (C=O) groups is 2. The number of nitrogens with one attached hydrogen (secondary N) is 1. The van der Waals surface area contributed by atoms with E-state index in [2.05, 4.69) is 10.4 Å². The number of benzene rings is 1. The number of rotatable bonds is 5. The van der Waals surface area contributed by atoms with Crippen LogP contribution in [0.15, 0.2) is 35.3 Å². The molecule has 2 heterocycles. The van der Waals surface area contributed by atoms with E-state index < -0.39 is 17.4 Å². The van der Waals surface area contributed by atoms with E-state index in [-0.39, 0.29) is 11.6 Å². The van der Waals surface area contributed by atoms with Crippen molar-refractivity contribution in [2.45, 2.75) is 19.4 Å². The average Bonchev–Trinajstić information content (AvgIpc) is 3.14. The lowest BCUT2D eigenvalue weighted by Crippen LogP contribution is -2.31. The molecule has 1 aromatic heterocycles. The highest BCUT2D eigenvalue weighted by Gasteiger charge is 2.19. The average molecular weight is 376 g/mol. The van der Waals surface area contributed by atoms with Gasteiger partial charge in [0.2, 0.25) is 11.8 Å². The monoisotopic (exact) mass is 375 g/mol. The minimum atomic E-state index is -0.550. The second-order valence-electron chi connectivity index (χ2n) is 5.99. The molecule has 136 valence electrons. The highest BCUT2D eigenvalue weighted by atomic mass is 35.5. The van der Waals surface area contributed by atoms with E-state index in [1.165, 1.54) is 18.3 Å². The molecule has 3 rings (SSSR count). The van der Waals surface area contributed by atoms with Gasteiger partial charge in [0, 0.05) is 24.3 Å².